The Bertz CT molecular complexity index is 517. The molecule has 1 atom stereocenters. The summed E-state index contributed by atoms with van der Waals surface area (Å²) in [5.74, 6) is -0.137. The van der Waals surface area contributed by atoms with Gasteiger partial charge in [-0.15, -0.1) is 11.3 Å². The van der Waals surface area contributed by atoms with Crippen LogP contribution < -0.4 is 11.1 Å². The third kappa shape index (κ3) is 4.27. The molecule has 1 aromatic rings. The molecule has 3 N–H and O–H groups in total. The molecule has 1 aliphatic rings. The summed E-state index contributed by atoms with van der Waals surface area (Å²) in [7, 11) is 0. The Balaban J connectivity index is 1.95. The van der Waals surface area contributed by atoms with Gasteiger partial charge in [-0.3, -0.25) is 9.59 Å². The topological polar surface area (TPSA) is 88.3 Å². The second-order valence-electron chi connectivity index (χ2n) is 5.54. The van der Waals surface area contributed by atoms with Crippen molar-refractivity contribution in [3.05, 3.63) is 16.1 Å². The van der Waals surface area contributed by atoms with Crippen LogP contribution in [0.25, 0.3) is 0 Å². The maximum Gasteiger partial charge on any atom is 0.265 e. The van der Waals surface area contributed by atoms with Crippen molar-refractivity contribution in [1.82, 2.24) is 15.2 Å². The SMILES string of the molecule is CCCc1ncc(C(=O)N2CCCC(C(=O)NCCN)C2)s1. The fourth-order valence-electron chi connectivity index (χ4n) is 2.61. The number of piperidine rings is 1. The molecular weight excluding hydrogens is 300 g/mol. The minimum atomic E-state index is -0.132. The number of nitrogens with two attached hydrogens (primary N) is 1. The van der Waals surface area contributed by atoms with E-state index >= 15 is 0 Å². The van der Waals surface area contributed by atoms with Gasteiger partial charge in [-0.2, -0.15) is 0 Å². The number of carbonyl (C=O) groups is 2. The molecule has 2 heterocycles. The molecule has 122 valence electrons. The molecule has 0 aliphatic carbocycles. The number of carbonyl (C=O) groups excluding carboxylic acids is 2. The summed E-state index contributed by atoms with van der Waals surface area (Å²) in [5.41, 5.74) is 5.40. The van der Waals surface area contributed by atoms with E-state index in [1.54, 1.807) is 11.1 Å². The quantitative estimate of drug-likeness (QED) is 0.818. The number of aryl methyl sites for hydroxylation is 1. The number of hydrogen-bond donors (Lipinski definition) is 2. The van der Waals surface area contributed by atoms with Gasteiger partial charge >= 0.3 is 0 Å². The summed E-state index contributed by atoms with van der Waals surface area (Å²) in [6.45, 7) is 4.20. The Hall–Kier alpha value is -1.47. The molecule has 1 fully saturated rings. The monoisotopic (exact) mass is 324 g/mol. The smallest absolute Gasteiger partial charge is 0.265 e. The number of nitrogens with one attached hydrogen (secondary N) is 1. The van der Waals surface area contributed by atoms with E-state index in [-0.39, 0.29) is 17.7 Å². The molecule has 0 spiro atoms. The maximum absolute atomic E-state index is 12.5. The third-order valence-corrected chi connectivity index (χ3v) is 4.80. The maximum atomic E-state index is 12.5. The molecule has 1 unspecified atom stereocenters. The van der Waals surface area contributed by atoms with Crippen molar-refractivity contribution in [2.45, 2.75) is 32.6 Å². The van der Waals surface area contributed by atoms with Crippen molar-refractivity contribution in [2.75, 3.05) is 26.2 Å². The van der Waals surface area contributed by atoms with Gasteiger partial charge in [0.1, 0.15) is 4.88 Å². The van der Waals surface area contributed by atoms with Crippen molar-refractivity contribution in [3.63, 3.8) is 0 Å². The largest absolute Gasteiger partial charge is 0.355 e. The molecule has 2 amide bonds. The van der Waals surface area contributed by atoms with Crippen LogP contribution in [0, 0.1) is 5.92 Å². The van der Waals surface area contributed by atoms with E-state index in [0.717, 1.165) is 30.7 Å². The second kappa shape index (κ2) is 8.24. The van der Waals surface area contributed by atoms with Crippen molar-refractivity contribution >= 4 is 23.2 Å². The highest BCUT2D eigenvalue weighted by Crippen LogP contribution is 2.22. The molecule has 0 aromatic carbocycles. The molecule has 6 nitrogen and oxygen atoms in total. The number of hydrogen-bond acceptors (Lipinski definition) is 5. The first-order valence-corrected chi connectivity index (χ1v) is 8.69. The second-order valence-corrected chi connectivity index (χ2v) is 6.65. The van der Waals surface area contributed by atoms with E-state index in [0.29, 0.717) is 31.1 Å². The Morgan fingerprint density at radius 3 is 3.09 bits per heavy atom. The molecule has 2 rings (SSSR count). The zero-order chi connectivity index (χ0) is 15.9. The highest BCUT2D eigenvalue weighted by atomic mass is 32.1. The van der Waals surface area contributed by atoms with Gasteiger partial charge in [-0.1, -0.05) is 6.92 Å². The van der Waals surface area contributed by atoms with E-state index in [4.69, 9.17) is 5.73 Å². The van der Waals surface area contributed by atoms with Crippen LogP contribution in [0.15, 0.2) is 6.20 Å². The Labute approximate surface area is 135 Å². The molecule has 1 aromatic heterocycles. The van der Waals surface area contributed by atoms with Crippen molar-refractivity contribution in [2.24, 2.45) is 11.7 Å². The normalized spacial score (nSPS) is 18.3. The van der Waals surface area contributed by atoms with Crippen LogP contribution in [-0.4, -0.2) is 47.9 Å². The summed E-state index contributed by atoms with van der Waals surface area (Å²) in [6, 6.07) is 0. The summed E-state index contributed by atoms with van der Waals surface area (Å²) in [4.78, 5) is 31.3. The van der Waals surface area contributed by atoms with E-state index in [1.807, 2.05) is 0 Å². The Morgan fingerprint density at radius 2 is 2.36 bits per heavy atom. The fourth-order valence-corrected chi connectivity index (χ4v) is 3.60. The number of amides is 2. The van der Waals surface area contributed by atoms with E-state index in [9.17, 15) is 9.59 Å². The van der Waals surface area contributed by atoms with Gasteiger partial charge < -0.3 is 16.0 Å². The first-order valence-electron chi connectivity index (χ1n) is 7.87. The Morgan fingerprint density at radius 1 is 1.55 bits per heavy atom. The summed E-state index contributed by atoms with van der Waals surface area (Å²) >= 11 is 1.46. The highest BCUT2D eigenvalue weighted by molar-refractivity contribution is 7.13. The molecule has 0 bridgehead atoms. The molecule has 0 saturated carbocycles. The number of nitrogens with zero attached hydrogens (tertiary/aromatic N) is 2. The molecular formula is C15H24N4O2S. The third-order valence-electron chi connectivity index (χ3n) is 3.75. The van der Waals surface area contributed by atoms with Crippen molar-refractivity contribution in [3.8, 4) is 0 Å². The van der Waals surface area contributed by atoms with Gasteiger partial charge in [0, 0.05) is 26.2 Å². The van der Waals surface area contributed by atoms with Crippen LogP contribution >= 0.6 is 11.3 Å². The first kappa shape index (κ1) is 16.9. The molecule has 0 radical (unpaired) electrons. The average Bonchev–Trinajstić information content (AvgIpc) is 3.01. The lowest BCUT2D eigenvalue weighted by Crippen LogP contribution is -2.46. The lowest BCUT2D eigenvalue weighted by molar-refractivity contribution is -0.126. The average molecular weight is 324 g/mol. The zero-order valence-corrected chi connectivity index (χ0v) is 13.8. The van der Waals surface area contributed by atoms with Crippen molar-refractivity contribution in [1.29, 1.82) is 0 Å². The molecule has 7 heteroatoms. The van der Waals surface area contributed by atoms with E-state index in [2.05, 4.69) is 17.2 Å². The van der Waals surface area contributed by atoms with Crippen LogP contribution in [-0.2, 0) is 11.2 Å². The minimum Gasteiger partial charge on any atom is -0.355 e. The van der Waals surface area contributed by atoms with Gasteiger partial charge in [-0.05, 0) is 25.7 Å². The first-order chi connectivity index (χ1) is 10.7. The van der Waals surface area contributed by atoms with Gasteiger partial charge in [0.05, 0.1) is 17.1 Å². The number of likely N-dealkylation sites (tertiary alicyclic amines) is 1. The van der Waals surface area contributed by atoms with Gasteiger partial charge in [0.25, 0.3) is 5.91 Å². The number of aromatic nitrogens is 1. The highest BCUT2D eigenvalue weighted by Gasteiger charge is 2.29. The van der Waals surface area contributed by atoms with E-state index < -0.39 is 0 Å². The molecule has 22 heavy (non-hydrogen) atoms. The number of thiazole rings is 1. The van der Waals surface area contributed by atoms with Gasteiger partial charge in [0.15, 0.2) is 0 Å². The Kier molecular flexibility index (Phi) is 6.33. The van der Waals surface area contributed by atoms with E-state index in [1.165, 1.54) is 11.3 Å². The van der Waals surface area contributed by atoms with Crippen LogP contribution in [0.2, 0.25) is 0 Å². The summed E-state index contributed by atoms with van der Waals surface area (Å²) in [5, 5.41) is 3.81. The standard InChI is InChI=1S/C15H24N4O2S/c1-2-4-13-18-9-12(22-13)15(21)19-8-3-5-11(10-19)14(20)17-7-6-16/h9,11H,2-8,10,16H2,1H3,(H,17,20). The number of rotatable bonds is 6. The lowest BCUT2D eigenvalue weighted by Gasteiger charge is -2.31. The van der Waals surface area contributed by atoms with Crippen molar-refractivity contribution < 1.29 is 9.59 Å². The molecule has 1 saturated heterocycles. The summed E-state index contributed by atoms with van der Waals surface area (Å²) < 4.78 is 0. The van der Waals surface area contributed by atoms with Gasteiger partial charge in [0.2, 0.25) is 5.91 Å². The van der Waals surface area contributed by atoms with Crippen LogP contribution in [0.5, 0.6) is 0 Å². The van der Waals surface area contributed by atoms with Crippen LogP contribution in [0.4, 0.5) is 0 Å². The fraction of sp³-hybridized carbons (Fsp3) is 0.667. The predicted octanol–water partition coefficient (Wildman–Crippen LogP) is 1.02. The lowest BCUT2D eigenvalue weighted by atomic mass is 9.97. The predicted molar refractivity (Wildman–Crippen MR) is 86.8 cm³/mol. The minimum absolute atomic E-state index is 0.000994. The van der Waals surface area contributed by atoms with Gasteiger partial charge in [-0.25, -0.2) is 4.98 Å². The molecule has 1 aliphatic heterocycles. The van der Waals surface area contributed by atoms with Crippen LogP contribution in [0.3, 0.4) is 0 Å². The zero-order valence-electron chi connectivity index (χ0n) is 13.0. The van der Waals surface area contributed by atoms with Crippen LogP contribution in [0.1, 0.15) is 40.9 Å². The summed E-state index contributed by atoms with van der Waals surface area (Å²) in [6.07, 6.45) is 5.27.